The van der Waals surface area contributed by atoms with E-state index >= 15 is 0 Å². The van der Waals surface area contributed by atoms with E-state index in [0.29, 0.717) is 5.75 Å². The number of ether oxygens (including phenoxy) is 1. The lowest BCUT2D eigenvalue weighted by atomic mass is 10.3. The fourth-order valence-corrected chi connectivity index (χ4v) is 0.832. The summed E-state index contributed by atoms with van der Waals surface area (Å²) < 4.78 is 5.11. The predicted octanol–water partition coefficient (Wildman–Crippen LogP) is 1.07. The van der Waals surface area contributed by atoms with Gasteiger partial charge < -0.3 is 9.84 Å². The van der Waals surface area contributed by atoms with Gasteiger partial charge in [-0.25, -0.2) is 9.78 Å². The summed E-state index contributed by atoms with van der Waals surface area (Å²) in [7, 11) is 0. The lowest BCUT2D eigenvalue weighted by Crippen LogP contribution is -2.02. The molecule has 0 aliphatic carbocycles. The van der Waals surface area contributed by atoms with Gasteiger partial charge in [0.25, 0.3) is 0 Å². The summed E-state index contributed by atoms with van der Waals surface area (Å²) in [5, 5.41) is 16.9. The molecule has 1 heterocycles. The van der Waals surface area contributed by atoms with Gasteiger partial charge in [-0.05, 0) is 6.07 Å². The monoisotopic (exact) mass is 192 g/mol. The van der Waals surface area contributed by atoms with Crippen LogP contribution in [0.25, 0.3) is 0 Å². The van der Waals surface area contributed by atoms with Crippen molar-refractivity contribution in [2.45, 2.75) is 6.42 Å². The quantitative estimate of drug-likeness (QED) is 0.721. The molecule has 0 aromatic carbocycles. The maximum atomic E-state index is 10.5. The first-order chi connectivity index (χ1) is 6.74. The first kappa shape index (κ1) is 9.99. The Morgan fingerprint density at radius 1 is 1.71 bits per heavy atom. The van der Waals surface area contributed by atoms with Gasteiger partial charge >= 0.3 is 5.97 Å². The van der Waals surface area contributed by atoms with Crippen molar-refractivity contribution in [3.63, 3.8) is 0 Å². The van der Waals surface area contributed by atoms with Crippen LogP contribution in [0.1, 0.15) is 16.9 Å². The summed E-state index contributed by atoms with van der Waals surface area (Å²) in [5.74, 6) is -0.691. The molecule has 0 saturated carbocycles. The van der Waals surface area contributed by atoms with Gasteiger partial charge in [0.1, 0.15) is 12.4 Å². The zero-order valence-corrected chi connectivity index (χ0v) is 7.30. The molecule has 0 unspecified atom stereocenters. The van der Waals surface area contributed by atoms with Crippen molar-refractivity contribution in [3.8, 4) is 11.8 Å². The Morgan fingerprint density at radius 2 is 2.50 bits per heavy atom. The molecule has 0 saturated heterocycles. The summed E-state index contributed by atoms with van der Waals surface area (Å²) in [6.07, 6.45) is 1.62. The molecule has 72 valence electrons. The van der Waals surface area contributed by atoms with Gasteiger partial charge in [-0.15, -0.1) is 0 Å². The lowest BCUT2D eigenvalue weighted by molar-refractivity contribution is 0.0690. The largest absolute Gasteiger partial charge is 0.492 e. The van der Waals surface area contributed by atoms with Crippen LogP contribution in [0.3, 0.4) is 0 Å². The van der Waals surface area contributed by atoms with E-state index in [1.54, 1.807) is 6.07 Å². The van der Waals surface area contributed by atoms with Crippen LogP contribution in [-0.2, 0) is 0 Å². The molecular formula is C9H8N2O3. The highest BCUT2D eigenvalue weighted by atomic mass is 16.5. The van der Waals surface area contributed by atoms with Crippen LogP contribution in [0.2, 0.25) is 0 Å². The molecule has 0 atom stereocenters. The molecule has 1 aromatic rings. The Kier molecular flexibility index (Phi) is 3.44. The number of carbonyl (C=O) groups is 1. The Balaban J connectivity index is 2.65. The first-order valence-corrected chi connectivity index (χ1v) is 3.93. The molecule has 0 aliphatic heterocycles. The molecule has 0 bridgehead atoms. The maximum absolute atomic E-state index is 10.5. The normalized spacial score (nSPS) is 9.07. The van der Waals surface area contributed by atoms with E-state index in [4.69, 9.17) is 15.1 Å². The second kappa shape index (κ2) is 4.82. The number of nitrogens with zero attached hydrogens (tertiary/aromatic N) is 2. The number of pyridine rings is 1. The van der Waals surface area contributed by atoms with Gasteiger partial charge in [-0.3, -0.25) is 0 Å². The highest BCUT2D eigenvalue weighted by molar-refractivity contribution is 5.85. The maximum Gasteiger partial charge on any atom is 0.354 e. The third-order valence-corrected chi connectivity index (χ3v) is 1.43. The molecule has 0 spiro atoms. The zero-order valence-electron chi connectivity index (χ0n) is 7.30. The molecule has 14 heavy (non-hydrogen) atoms. The number of hydrogen-bond donors (Lipinski definition) is 1. The standard InChI is InChI=1S/C9H8N2O3/c10-3-1-5-14-7-2-4-11-8(6-7)9(12)13/h2,4,6H,1,5H2,(H,12,13). The third kappa shape index (κ3) is 2.75. The van der Waals surface area contributed by atoms with Crippen molar-refractivity contribution < 1.29 is 14.6 Å². The van der Waals surface area contributed by atoms with Crippen LogP contribution in [0.4, 0.5) is 0 Å². The Morgan fingerprint density at radius 3 is 3.14 bits per heavy atom. The van der Waals surface area contributed by atoms with Gasteiger partial charge in [0.15, 0.2) is 5.69 Å². The van der Waals surface area contributed by atoms with Crippen LogP contribution < -0.4 is 4.74 Å². The van der Waals surface area contributed by atoms with Crippen molar-refractivity contribution >= 4 is 5.97 Å². The molecule has 0 radical (unpaired) electrons. The Hall–Kier alpha value is -2.09. The number of aromatic nitrogens is 1. The molecule has 5 heteroatoms. The molecule has 1 N–H and O–H groups in total. The van der Waals surface area contributed by atoms with Crippen LogP contribution >= 0.6 is 0 Å². The number of carboxylic acid groups (broad SMARTS) is 1. The highest BCUT2D eigenvalue weighted by Gasteiger charge is 2.04. The zero-order chi connectivity index (χ0) is 10.4. The number of nitriles is 1. The number of rotatable bonds is 4. The van der Waals surface area contributed by atoms with E-state index in [2.05, 4.69) is 4.98 Å². The van der Waals surface area contributed by atoms with Gasteiger partial charge in [0.05, 0.1) is 12.5 Å². The topological polar surface area (TPSA) is 83.2 Å². The van der Waals surface area contributed by atoms with E-state index in [-0.39, 0.29) is 18.7 Å². The van der Waals surface area contributed by atoms with Gasteiger partial charge in [-0.1, -0.05) is 0 Å². The summed E-state index contributed by atoms with van der Waals surface area (Å²) in [6.45, 7) is 0.250. The summed E-state index contributed by atoms with van der Waals surface area (Å²) in [5.41, 5.74) is -0.0699. The fourth-order valence-electron chi connectivity index (χ4n) is 0.832. The molecule has 0 aliphatic rings. The highest BCUT2D eigenvalue weighted by Crippen LogP contribution is 2.10. The van der Waals surface area contributed by atoms with Crippen LogP contribution in [0, 0.1) is 11.3 Å². The summed E-state index contributed by atoms with van der Waals surface area (Å²) >= 11 is 0. The fraction of sp³-hybridized carbons (Fsp3) is 0.222. The average Bonchev–Trinajstić information content (AvgIpc) is 2.19. The summed E-state index contributed by atoms with van der Waals surface area (Å²) in [4.78, 5) is 14.1. The van der Waals surface area contributed by atoms with E-state index in [1.165, 1.54) is 12.3 Å². The van der Waals surface area contributed by atoms with Crippen LogP contribution in [-0.4, -0.2) is 22.7 Å². The van der Waals surface area contributed by atoms with Gasteiger partial charge in [-0.2, -0.15) is 5.26 Å². The molecule has 5 nitrogen and oxygen atoms in total. The molecular weight excluding hydrogens is 184 g/mol. The van der Waals surface area contributed by atoms with Crippen molar-refractivity contribution in [3.05, 3.63) is 24.0 Å². The predicted molar refractivity (Wildman–Crippen MR) is 46.9 cm³/mol. The van der Waals surface area contributed by atoms with E-state index < -0.39 is 5.97 Å². The SMILES string of the molecule is N#CCCOc1ccnc(C(=O)O)c1. The second-order valence-electron chi connectivity index (χ2n) is 2.44. The van der Waals surface area contributed by atoms with E-state index in [0.717, 1.165) is 0 Å². The lowest BCUT2D eigenvalue weighted by Gasteiger charge is -2.03. The smallest absolute Gasteiger partial charge is 0.354 e. The number of aromatic carboxylic acids is 1. The number of hydrogen-bond acceptors (Lipinski definition) is 4. The molecule has 0 fully saturated rings. The van der Waals surface area contributed by atoms with Gasteiger partial charge in [0.2, 0.25) is 0 Å². The van der Waals surface area contributed by atoms with Gasteiger partial charge in [0, 0.05) is 12.3 Å². The average molecular weight is 192 g/mol. The van der Waals surface area contributed by atoms with Crippen molar-refractivity contribution in [2.24, 2.45) is 0 Å². The Labute approximate surface area is 80.6 Å². The van der Waals surface area contributed by atoms with Crippen LogP contribution in [0.5, 0.6) is 5.75 Å². The third-order valence-electron chi connectivity index (χ3n) is 1.43. The Bertz CT molecular complexity index is 371. The van der Waals surface area contributed by atoms with Crippen molar-refractivity contribution in [1.29, 1.82) is 5.26 Å². The van der Waals surface area contributed by atoms with Crippen molar-refractivity contribution in [1.82, 2.24) is 4.98 Å². The minimum absolute atomic E-state index is 0.0699. The van der Waals surface area contributed by atoms with E-state index in [9.17, 15) is 4.79 Å². The summed E-state index contributed by atoms with van der Waals surface area (Å²) in [6, 6.07) is 4.78. The van der Waals surface area contributed by atoms with Crippen LogP contribution in [0.15, 0.2) is 18.3 Å². The molecule has 1 rings (SSSR count). The first-order valence-electron chi connectivity index (χ1n) is 3.93. The minimum Gasteiger partial charge on any atom is -0.492 e. The van der Waals surface area contributed by atoms with E-state index in [1.807, 2.05) is 6.07 Å². The number of carboxylic acids is 1. The second-order valence-corrected chi connectivity index (χ2v) is 2.44. The van der Waals surface area contributed by atoms with Crippen molar-refractivity contribution in [2.75, 3.05) is 6.61 Å². The molecule has 0 amide bonds. The minimum atomic E-state index is -1.10. The molecule has 1 aromatic heterocycles.